The van der Waals surface area contributed by atoms with Crippen LogP contribution in [0.5, 0.6) is 0 Å². The molecule has 0 aromatic carbocycles. The number of hydrogen-bond acceptors (Lipinski definition) is 11. The molecular formula is C29H42O12. The molecule has 4 saturated carbocycles. The van der Waals surface area contributed by atoms with Crippen molar-refractivity contribution in [2.45, 2.75) is 119 Å². The van der Waals surface area contributed by atoms with Crippen LogP contribution in [0.2, 0.25) is 0 Å². The molecular weight excluding hydrogens is 540 g/mol. The fourth-order valence-corrected chi connectivity index (χ4v) is 9.96. The van der Waals surface area contributed by atoms with Crippen LogP contribution >= 0.6 is 0 Å². The largest absolute Gasteiger partial charge is 0.481 e. The van der Waals surface area contributed by atoms with Crippen LogP contribution in [0, 0.1) is 28.6 Å². The second-order valence-corrected chi connectivity index (χ2v) is 13.7. The average molecular weight is 583 g/mol. The first kappa shape index (κ1) is 29.4. The number of carbonyl (C=O) groups excluding carboxylic acids is 1. The molecule has 0 bridgehead atoms. The number of carbonyl (C=O) groups is 2. The molecule has 230 valence electrons. The number of carboxylic acids is 1. The minimum atomic E-state index is -1.77. The summed E-state index contributed by atoms with van der Waals surface area (Å²) in [6.45, 7) is 3.59. The van der Waals surface area contributed by atoms with Gasteiger partial charge >= 0.3 is 11.9 Å². The van der Waals surface area contributed by atoms with Gasteiger partial charge in [-0.15, -0.1) is 0 Å². The van der Waals surface area contributed by atoms with Crippen molar-refractivity contribution in [3.8, 4) is 0 Å². The van der Waals surface area contributed by atoms with Gasteiger partial charge in [-0.25, -0.2) is 4.79 Å². The van der Waals surface area contributed by atoms with Crippen LogP contribution in [0.1, 0.15) is 65.2 Å². The molecule has 14 atom stereocenters. The maximum Gasteiger partial charge on any atom is 0.331 e. The van der Waals surface area contributed by atoms with E-state index in [1.54, 1.807) is 0 Å². The Morgan fingerprint density at radius 3 is 2.39 bits per heavy atom. The number of aliphatic hydroxyl groups excluding tert-OH is 4. The van der Waals surface area contributed by atoms with Gasteiger partial charge < -0.3 is 50.0 Å². The lowest BCUT2D eigenvalue weighted by atomic mass is 9.40. The molecule has 0 radical (unpaired) electrons. The Morgan fingerprint density at radius 2 is 1.73 bits per heavy atom. The summed E-state index contributed by atoms with van der Waals surface area (Å²) in [6, 6.07) is 0. The third kappa shape index (κ3) is 3.95. The summed E-state index contributed by atoms with van der Waals surface area (Å²) >= 11 is 0. The lowest BCUT2D eigenvalue weighted by Gasteiger charge is -2.66. The highest BCUT2D eigenvalue weighted by atomic mass is 16.7. The number of hydrogen-bond donors (Lipinski definition) is 7. The van der Waals surface area contributed by atoms with Gasteiger partial charge in [0.2, 0.25) is 0 Å². The minimum absolute atomic E-state index is 0.0327. The van der Waals surface area contributed by atoms with Crippen LogP contribution in [0.4, 0.5) is 0 Å². The summed E-state index contributed by atoms with van der Waals surface area (Å²) in [4.78, 5) is 25.0. The summed E-state index contributed by atoms with van der Waals surface area (Å²) in [5, 5.41) is 77.6. The second-order valence-electron chi connectivity index (χ2n) is 13.7. The topological polar surface area (TPSA) is 203 Å². The van der Waals surface area contributed by atoms with Crippen molar-refractivity contribution in [2.24, 2.45) is 28.6 Å². The third-order valence-corrected chi connectivity index (χ3v) is 12.0. The van der Waals surface area contributed by atoms with Crippen LogP contribution in [0.15, 0.2) is 11.6 Å². The van der Waals surface area contributed by atoms with E-state index in [0.717, 1.165) is 5.57 Å². The van der Waals surface area contributed by atoms with E-state index in [0.29, 0.717) is 12.8 Å². The average Bonchev–Trinajstić information content (AvgIpc) is 3.44. The fraction of sp³-hybridized carbons (Fsp3) is 0.862. The van der Waals surface area contributed by atoms with Crippen molar-refractivity contribution in [2.75, 3.05) is 6.61 Å². The molecule has 0 aromatic heterocycles. The highest BCUT2D eigenvalue weighted by Crippen LogP contribution is 2.71. The zero-order chi connectivity index (χ0) is 29.7. The van der Waals surface area contributed by atoms with Crippen molar-refractivity contribution in [1.82, 2.24) is 0 Å². The number of rotatable bonds is 4. The molecule has 2 aliphatic heterocycles. The van der Waals surface area contributed by atoms with Gasteiger partial charge in [-0.05, 0) is 69.3 Å². The van der Waals surface area contributed by atoms with E-state index >= 15 is 0 Å². The van der Waals surface area contributed by atoms with E-state index in [1.807, 2.05) is 6.92 Å². The molecule has 0 amide bonds. The summed E-state index contributed by atoms with van der Waals surface area (Å²) in [7, 11) is 0. The Kier molecular flexibility index (Phi) is 6.95. The minimum Gasteiger partial charge on any atom is -0.481 e. The second kappa shape index (κ2) is 9.68. The van der Waals surface area contributed by atoms with E-state index in [1.165, 1.54) is 13.0 Å². The zero-order valence-corrected chi connectivity index (χ0v) is 23.4. The maximum atomic E-state index is 13.2. The normalized spacial score (nSPS) is 54.9. The number of esters is 1. The molecule has 6 aliphatic rings. The van der Waals surface area contributed by atoms with Crippen molar-refractivity contribution in [3.63, 3.8) is 0 Å². The lowest BCUT2D eigenvalue weighted by molar-refractivity contribution is -0.322. The molecule has 6 rings (SSSR count). The zero-order valence-electron chi connectivity index (χ0n) is 23.4. The summed E-state index contributed by atoms with van der Waals surface area (Å²) in [5.41, 5.74) is -4.84. The summed E-state index contributed by atoms with van der Waals surface area (Å²) in [6.07, 6.45) is -5.30. The first-order chi connectivity index (χ1) is 19.2. The summed E-state index contributed by atoms with van der Waals surface area (Å²) < 4.78 is 16.7. The van der Waals surface area contributed by atoms with Crippen LogP contribution in [0.3, 0.4) is 0 Å². The van der Waals surface area contributed by atoms with Crippen molar-refractivity contribution >= 4 is 11.9 Å². The number of cyclic esters (lactones) is 1. The molecule has 5 fully saturated rings. The molecule has 41 heavy (non-hydrogen) atoms. The van der Waals surface area contributed by atoms with Gasteiger partial charge in [-0.2, -0.15) is 0 Å². The molecule has 12 heteroatoms. The Balaban J connectivity index is 1.28. The molecule has 0 unspecified atom stereocenters. The lowest BCUT2D eigenvalue weighted by Crippen LogP contribution is -2.73. The fourth-order valence-electron chi connectivity index (χ4n) is 9.96. The molecule has 0 aromatic rings. The number of fused-ring (bicyclic) bond motifs is 5. The standard InChI is InChI=1S/C29H42O12/c1-13-21(32)22(33)23(34)24(40-13)41-15-3-7-28(25(35)36)20-17(4-6-27(28,37)10-15)29(38)8-5-16(14-9-19(31)39-12-14)26(29,2)11-18(20)30/h9,13,15-18,20-24,30,32-34,37-38H,3-8,10-12H2,1-2H3,(H,35,36)/t13-,15-,16+,17+,18+,20+,21-,22+,23+,24-,26+,27-,28+,29-/m0/s1. The first-order valence-corrected chi connectivity index (χ1v) is 14.8. The smallest absolute Gasteiger partial charge is 0.331 e. The van der Waals surface area contributed by atoms with Gasteiger partial charge in [-0.3, -0.25) is 4.79 Å². The van der Waals surface area contributed by atoms with Gasteiger partial charge in [0.25, 0.3) is 0 Å². The molecule has 0 spiro atoms. The van der Waals surface area contributed by atoms with E-state index in [2.05, 4.69) is 0 Å². The van der Waals surface area contributed by atoms with Crippen LogP contribution in [-0.2, 0) is 23.8 Å². The number of carboxylic acid groups (broad SMARTS) is 1. The first-order valence-electron chi connectivity index (χ1n) is 14.8. The predicted molar refractivity (Wildman–Crippen MR) is 138 cm³/mol. The van der Waals surface area contributed by atoms with Crippen molar-refractivity contribution < 1.29 is 59.5 Å². The van der Waals surface area contributed by atoms with E-state index < -0.39 is 88.7 Å². The Labute approximate surface area is 237 Å². The van der Waals surface area contributed by atoms with Gasteiger partial charge in [0.05, 0.1) is 29.5 Å². The quantitative estimate of drug-likeness (QED) is 0.167. The predicted octanol–water partition coefficient (Wildman–Crippen LogP) is -0.393. The van der Waals surface area contributed by atoms with E-state index in [4.69, 9.17) is 14.2 Å². The third-order valence-electron chi connectivity index (χ3n) is 12.0. The number of aliphatic carboxylic acids is 1. The Bertz CT molecular complexity index is 1130. The number of ether oxygens (including phenoxy) is 3. The number of aliphatic hydroxyl groups is 6. The molecule has 1 saturated heterocycles. The van der Waals surface area contributed by atoms with Gasteiger partial charge in [-0.1, -0.05) is 6.92 Å². The van der Waals surface area contributed by atoms with Crippen LogP contribution < -0.4 is 0 Å². The molecule has 2 heterocycles. The SMILES string of the molecule is C[C@@H]1O[C@@H](O[C@H]2CC[C@]3(C(=O)O)[C@H]4[C@H](O)C[C@]5(C)[C@@H](C6=CC(=O)OC6)CC[C@]5(O)[C@@H]4CC[C@]3(O)C2)[C@H](O)[C@H](O)[C@H]1O. The monoisotopic (exact) mass is 582 g/mol. The van der Waals surface area contributed by atoms with Crippen LogP contribution in [-0.4, -0.2) is 108 Å². The van der Waals surface area contributed by atoms with E-state index in [9.17, 15) is 45.3 Å². The van der Waals surface area contributed by atoms with Gasteiger partial charge in [0.1, 0.15) is 30.3 Å². The Hall–Kier alpha value is -1.64. The highest BCUT2D eigenvalue weighted by molar-refractivity contribution is 5.85. The summed E-state index contributed by atoms with van der Waals surface area (Å²) in [5.74, 6) is -3.35. The van der Waals surface area contributed by atoms with Crippen molar-refractivity contribution in [3.05, 3.63) is 11.6 Å². The van der Waals surface area contributed by atoms with Gasteiger partial charge in [0.15, 0.2) is 6.29 Å². The maximum absolute atomic E-state index is 13.2. The molecule has 7 N–H and O–H groups in total. The van der Waals surface area contributed by atoms with Gasteiger partial charge in [0, 0.05) is 23.8 Å². The Morgan fingerprint density at radius 1 is 1.00 bits per heavy atom. The van der Waals surface area contributed by atoms with Crippen LogP contribution in [0.25, 0.3) is 0 Å². The van der Waals surface area contributed by atoms with E-state index in [-0.39, 0.29) is 51.0 Å². The highest BCUT2D eigenvalue weighted by Gasteiger charge is 2.75. The van der Waals surface area contributed by atoms with Crippen molar-refractivity contribution in [1.29, 1.82) is 0 Å². The molecule has 12 nitrogen and oxygen atoms in total. The molecule has 4 aliphatic carbocycles.